The van der Waals surface area contributed by atoms with Crippen LogP contribution in [0.25, 0.3) is 10.9 Å². The Balaban J connectivity index is 1.46. The highest BCUT2D eigenvalue weighted by Crippen LogP contribution is 2.32. The molecule has 1 aliphatic heterocycles. The van der Waals surface area contributed by atoms with Crippen molar-refractivity contribution in [1.82, 2.24) is 19.9 Å². The van der Waals surface area contributed by atoms with Crippen LogP contribution in [0.4, 0.5) is 5.82 Å². The first-order chi connectivity index (χ1) is 17.7. The number of hydrazine groups is 1. The first kappa shape index (κ1) is 24.2. The summed E-state index contributed by atoms with van der Waals surface area (Å²) in [7, 11) is 1.79. The minimum absolute atomic E-state index is 0.223. The monoisotopic (exact) mass is 481 g/mol. The third-order valence-corrected chi connectivity index (χ3v) is 7.20. The number of nitrogens with zero attached hydrogens (tertiary/aromatic N) is 4. The smallest absolute Gasteiger partial charge is 0.299 e. The molecule has 0 aliphatic carbocycles. The zero-order valence-corrected chi connectivity index (χ0v) is 21.2. The van der Waals surface area contributed by atoms with Crippen molar-refractivity contribution in [1.29, 1.82) is 0 Å². The van der Waals surface area contributed by atoms with E-state index in [4.69, 9.17) is 0 Å². The van der Waals surface area contributed by atoms with Crippen LogP contribution in [-0.4, -0.2) is 40.4 Å². The zero-order chi connectivity index (χ0) is 24.9. The number of anilines is 1. The van der Waals surface area contributed by atoms with E-state index in [9.17, 15) is 4.79 Å². The van der Waals surface area contributed by atoms with Crippen molar-refractivity contribution < 1.29 is 0 Å². The van der Waals surface area contributed by atoms with Crippen LogP contribution in [-0.2, 0) is 7.05 Å². The van der Waals surface area contributed by atoms with Crippen LogP contribution in [0.2, 0.25) is 0 Å². The summed E-state index contributed by atoms with van der Waals surface area (Å²) < 4.78 is 1.63. The van der Waals surface area contributed by atoms with E-state index >= 15 is 0 Å². The maximum atomic E-state index is 12.8. The lowest BCUT2D eigenvalue weighted by Gasteiger charge is -2.36. The van der Waals surface area contributed by atoms with Gasteiger partial charge in [0.05, 0.1) is 12.2 Å². The van der Waals surface area contributed by atoms with Crippen LogP contribution in [0.1, 0.15) is 43.2 Å². The normalized spacial score (nSPS) is 16.8. The van der Waals surface area contributed by atoms with Gasteiger partial charge in [-0.2, -0.15) is 4.98 Å². The number of hydrogen-bond donors (Lipinski definition) is 1. The average Bonchev–Trinajstić information content (AvgIpc) is 3.17. The van der Waals surface area contributed by atoms with E-state index in [1.54, 1.807) is 11.6 Å². The largest absolute Gasteiger partial charge is 0.349 e. The quantitative estimate of drug-likeness (QED) is 0.407. The Labute approximate surface area is 213 Å². The number of nitrogens with one attached hydrogen (secondary N) is 1. The topological polar surface area (TPSA) is 53.4 Å². The van der Waals surface area contributed by atoms with Crippen molar-refractivity contribution in [2.75, 3.05) is 24.8 Å². The summed E-state index contributed by atoms with van der Waals surface area (Å²) in [6, 6.07) is 30.0. The van der Waals surface area contributed by atoms with E-state index in [-0.39, 0.29) is 11.6 Å². The van der Waals surface area contributed by atoms with Gasteiger partial charge in [0.25, 0.3) is 0 Å². The second-order valence-corrected chi connectivity index (χ2v) is 9.56. The van der Waals surface area contributed by atoms with Gasteiger partial charge < -0.3 is 0 Å². The van der Waals surface area contributed by atoms with Gasteiger partial charge in [-0.15, -0.1) is 0 Å². The first-order valence-electron chi connectivity index (χ1n) is 13.0. The minimum atomic E-state index is -0.223. The maximum Gasteiger partial charge on any atom is 0.349 e. The highest BCUT2D eigenvalue weighted by Gasteiger charge is 2.29. The Hall–Kier alpha value is -3.48. The highest BCUT2D eigenvalue weighted by molar-refractivity contribution is 5.89. The minimum Gasteiger partial charge on any atom is -0.299 e. The molecule has 4 aromatic rings. The van der Waals surface area contributed by atoms with Crippen LogP contribution in [0.5, 0.6) is 0 Å². The molecule has 186 valence electrons. The summed E-state index contributed by atoms with van der Waals surface area (Å²) in [6.45, 7) is 4.58. The standard InChI is InChI=1S/C30H35N5O/c1-3-20-35(29-25-17-10-11-19-27(25)33(2)30(36)32-29)34-21-12-18-26(31-22-34)28(23-13-6-4-7-14-23)24-15-8-5-9-16-24/h4-11,13-17,19,26,28,31H,3,12,18,20-22H2,1-2H3. The first-order valence-corrected chi connectivity index (χ1v) is 13.0. The number of aryl methyl sites for hydroxylation is 1. The lowest BCUT2D eigenvalue weighted by molar-refractivity contribution is 0.238. The third-order valence-electron chi connectivity index (χ3n) is 7.20. The van der Waals surface area contributed by atoms with Crippen molar-refractivity contribution in [2.45, 2.75) is 38.1 Å². The SMILES string of the molecule is CCCN(c1nc(=O)n(C)c2ccccc12)N1CCCC(C(c2ccccc2)c2ccccc2)NC1. The fourth-order valence-corrected chi connectivity index (χ4v) is 5.44. The van der Waals surface area contributed by atoms with E-state index < -0.39 is 0 Å². The molecule has 0 saturated carbocycles. The van der Waals surface area contributed by atoms with Gasteiger partial charge in [0, 0.05) is 37.5 Å². The van der Waals surface area contributed by atoms with Crippen LogP contribution >= 0.6 is 0 Å². The summed E-state index contributed by atoms with van der Waals surface area (Å²) in [5.41, 5.74) is 3.35. The third kappa shape index (κ3) is 4.92. The van der Waals surface area contributed by atoms with Crippen molar-refractivity contribution in [3.05, 3.63) is 107 Å². The van der Waals surface area contributed by atoms with Gasteiger partial charge >= 0.3 is 5.69 Å². The molecule has 1 unspecified atom stereocenters. The predicted octanol–water partition coefficient (Wildman–Crippen LogP) is 4.91. The molecule has 1 saturated heterocycles. The van der Waals surface area contributed by atoms with Crippen molar-refractivity contribution in [3.8, 4) is 0 Å². The van der Waals surface area contributed by atoms with Crippen LogP contribution in [0.15, 0.2) is 89.7 Å². The molecule has 0 radical (unpaired) electrons. The molecule has 36 heavy (non-hydrogen) atoms. The number of para-hydroxylation sites is 1. The Morgan fingerprint density at radius 2 is 1.61 bits per heavy atom. The molecule has 1 atom stereocenters. The van der Waals surface area contributed by atoms with Gasteiger partial charge in [-0.3, -0.25) is 14.9 Å². The molecule has 1 aromatic heterocycles. The molecule has 6 heteroatoms. The van der Waals surface area contributed by atoms with Gasteiger partial charge in [-0.05, 0) is 42.5 Å². The number of rotatable bonds is 7. The average molecular weight is 482 g/mol. The zero-order valence-electron chi connectivity index (χ0n) is 21.2. The molecular weight excluding hydrogens is 446 g/mol. The van der Waals surface area contributed by atoms with E-state index in [1.807, 2.05) is 18.2 Å². The molecule has 1 fully saturated rings. The molecule has 1 N–H and O–H groups in total. The number of hydrogen-bond acceptors (Lipinski definition) is 5. The van der Waals surface area contributed by atoms with Crippen LogP contribution in [0, 0.1) is 0 Å². The summed E-state index contributed by atoms with van der Waals surface area (Å²) >= 11 is 0. The predicted molar refractivity (Wildman–Crippen MR) is 147 cm³/mol. The fourth-order valence-electron chi connectivity index (χ4n) is 5.44. The summed E-state index contributed by atoms with van der Waals surface area (Å²) in [4.78, 5) is 17.3. The lowest BCUT2D eigenvalue weighted by atomic mass is 9.83. The highest BCUT2D eigenvalue weighted by atomic mass is 16.1. The van der Waals surface area contributed by atoms with Crippen molar-refractivity contribution in [3.63, 3.8) is 0 Å². The molecule has 3 aromatic carbocycles. The Morgan fingerprint density at radius 3 is 2.28 bits per heavy atom. The van der Waals surface area contributed by atoms with E-state index in [2.05, 4.69) is 94.0 Å². The molecule has 0 amide bonds. The maximum absolute atomic E-state index is 12.8. The van der Waals surface area contributed by atoms with Gasteiger partial charge in [0.1, 0.15) is 0 Å². The molecule has 5 rings (SSSR count). The van der Waals surface area contributed by atoms with E-state index in [0.29, 0.717) is 12.7 Å². The van der Waals surface area contributed by atoms with Gasteiger partial charge in [0.15, 0.2) is 5.82 Å². The molecule has 6 nitrogen and oxygen atoms in total. The van der Waals surface area contributed by atoms with Crippen LogP contribution < -0.4 is 16.0 Å². The number of aromatic nitrogens is 2. The molecular formula is C30H35N5O. The van der Waals surface area contributed by atoms with Gasteiger partial charge in [-0.25, -0.2) is 9.80 Å². The molecule has 1 aliphatic rings. The fraction of sp³-hybridized carbons (Fsp3) is 0.333. The molecule has 2 heterocycles. The summed E-state index contributed by atoms with van der Waals surface area (Å²) in [5, 5.41) is 9.44. The van der Waals surface area contributed by atoms with Crippen LogP contribution in [0.3, 0.4) is 0 Å². The van der Waals surface area contributed by atoms with E-state index in [0.717, 1.165) is 49.1 Å². The Bertz CT molecular complexity index is 1300. The number of fused-ring (bicyclic) bond motifs is 1. The van der Waals surface area contributed by atoms with Gasteiger partial charge in [-0.1, -0.05) is 79.7 Å². The molecule has 0 bridgehead atoms. The summed E-state index contributed by atoms with van der Waals surface area (Å²) in [6.07, 6.45) is 3.08. The van der Waals surface area contributed by atoms with Crippen molar-refractivity contribution >= 4 is 16.7 Å². The van der Waals surface area contributed by atoms with E-state index in [1.165, 1.54) is 11.1 Å². The lowest BCUT2D eigenvalue weighted by Crippen LogP contribution is -2.50. The van der Waals surface area contributed by atoms with Crippen molar-refractivity contribution in [2.24, 2.45) is 7.05 Å². The van der Waals surface area contributed by atoms with Gasteiger partial charge in [0.2, 0.25) is 0 Å². The second-order valence-electron chi connectivity index (χ2n) is 9.56. The molecule has 0 spiro atoms. The summed E-state index contributed by atoms with van der Waals surface area (Å²) in [5.74, 6) is 1.02. The Kier molecular flexibility index (Phi) is 7.44. The Morgan fingerprint density at radius 1 is 0.972 bits per heavy atom. The second kappa shape index (κ2) is 11.1. The number of benzene rings is 3.